The van der Waals surface area contributed by atoms with Crippen LogP contribution in [0.2, 0.25) is 0 Å². The Morgan fingerprint density at radius 3 is 2.02 bits per heavy atom. The lowest BCUT2D eigenvalue weighted by Crippen LogP contribution is -2.42. The molecule has 4 aromatic rings. The third kappa shape index (κ3) is 6.54. The summed E-state index contributed by atoms with van der Waals surface area (Å²) in [5, 5.41) is 12.6. The molecule has 0 saturated heterocycles. The number of carbonyl (C=O) groups excluding carboxylic acids is 3. The lowest BCUT2D eigenvalue weighted by atomic mass is 9.97. The molecular weight excluding hydrogens is 572 g/mol. The van der Waals surface area contributed by atoms with Crippen molar-refractivity contribution in [1.29, 1.82) is 0 Å². The predicted molar refractivity (Wildman–Crippen MR) is 162 cm³/mol. The lowest BCUT2D eigenvalue weighted by molar-refractivity contribution is -0.384. The summed E-state index contributed by atoms with van der Waals surface area (Å²) >= 11 is 0. The molecule has 0 heterocycles. The molecule has 11 nitrogen and oxygen atoms in total. The van der Waals surface area contributed by atoms with Crippen LogP contribution in [0.3, 0.4) is 0 Å². The summed E-state index contributed by atoms with van der Waals surface area (Å²) in [6.07, 6.45) is -0.0152. The van der Waals surface area contributed by atoms with Crippen molar-refractivity contribution in [2.45, 2.75) is 25.2 Å². The highest BCUT2D eigenvalue weighted by Crippen LogP contribution is 2.29. The molecule has 43 heavy (non-hydrogen) atoms. The van der Waals surface area contributed by atoms with Gasteiger partial charge in [0.1, 0.15) is 5.92 Å². The molecular formula is C31H30N4O7S. The molecule has 0 bridgehead atoms. The molecule has 0 radical (unpaired) electrons. The fourth-order valence-corrected chi connectivity index (χ4v) is 6.16. The molecule has 0 spiro atoms. The van der Waals surface area contributed by atoms with Crippen LogP contribution in [-0.4, -0.2) is 49.1 Å². The molecule has 12 heteroatoms. The number of rotatable bonds is 11. The second-order valence-electron chi connectivity index (χ2n) is 9.72. The SMILES string of the molecule is CCN(CC)C(=O)C(Cc1ccc(N(C(=O)c2ccc([N+](=O)[O-])cc2)S(=O)(=O)c2ccc3ccccc3c2)cc1)C(N)=O. The summed E-state index contributed by atoms with van der Waals surface area (Å²) in [6, 6.07) is 22.1. The van der Waals surface area contributed by atoms with Gasteiger partial charge in [-0.1, -0.05) is 42.5 Å². The Morgan fingerprint density at radius 2 is 1.47 bits per heavy atom. The molecule has 1 atom stereocenters. The smallest absolute Gasteiger partial charge is 0.272 e. The van der Waals surface area contributed by atoms with Gasteiger partial charge in [-0.25, -0.2) is 8.42 Å². The minimum atomic E-state index is -4.49. The van der Waals surface area contributed by atoms with Crippen LogP contribution in [0.5, 0.6) is 0 Å². The van der Waals surface area contributed by atoms with Crippen LogP contribution in [0.4, 0.5) is 11.4 Å². The normalized spacial score (nSPS) is 12.0. The quantitative estimate of drug-likeness (QED) is 0.152. The minimum Gasteiger partial charge on any atom is -0.369 e. The van der Waals surface area contributed by atoms with Crippen molar-refractivity contribution in [2.75, 3.05) is 17.4 Å². The van der Waals surface area contributed by atoms with Crippen LogP contribution in [0.15, 0.2) is 95.9 Å². The molecule has 0 aliphatic rings. The Labute approximate surface area is 248 Å². The summed E-state index contributed by atoms with van der Waals surface area (Å²) in [4.78, 5) is 50.6. The first-order chi connectivity index (χ1) is 20.5. The van der Waals surface area contributed by atoms with E-state index in [1.807, 2.05) is 12.1 Å². The average molecular weight is 603 g/mol. The van der Waals surface area contributed by atoms with Crippen LogP contribution >= 0.6 is 0 Å². The van der Waals surface area contributed by atoms with Crippen molar-refractivity contribution in [2.24, 2.45) is 11.7 Å². The van der Waals surface area contributed by atoms with Crippen molar-refractivity contribution in [1.82, 2.24) is 4.90 Å². The number of nitro groups is 1. The molecule has 222 valence electrons. The molecule has 4 rings (SSSR count). The van der Waals surface area contributed by atoms with Gasteiger partial charge in [0.15, 0.2) is 0 Å². The number of nitrogens with zero attached hydrogens (tertiary/aromatic N) is 3. The Kier molecular flexibility index (Phi) is 9.20. The molecule has 0 aliphatic carbocycles. The Bertz CT molecular complexity index is 1790. The van der Waals surface area contributed by atoms with E-state index in [2.05, 4.69) is 0 Å². The molecule has 0 saturated carbocycles. The van der Waals surface area contributed by atoms with Gasteiger partial charge in [0.05, 0.1) is 15.5 Å². The van der Waals surface area contributed by atoms with Gasteiger partial charge < -0.3 is 10.6 Å². The first kappa shape index (κ1) is 30.8. The maximum atomic E-state index is 14.0. The number of nitro benzene ring substituents is 1. The number of nitrogens with two attached hydrogens (primary N) is 1. The molecule has 0 fully saturated rings. The van der Waals surface area contributed by atoms with E-state index >= 15 is 0 Å². The van der Waals surface area contributed by atoms with E-state index in [1.54, 1.807) is 32.0 Å². The van der Waals surface area contributed by atoms with Gasteiger partial charge in [0.25, 0.3) is 21.6 Å². The van der Waals surface area contributed by atoms with Gasteiger partial charge in [-0.05, 0) is 73.0 Å². The number of benzene rings is 4. The minimum absolute atomic E-state index is 0.00837. The van der Waals surface area contributed by atoms with E-state index in [9.17, 15) is 32.9 Å². The monoisotopic (exact) mass is 602 g/mol. The Morgan fingerprint density at radius 1 is 0.860 bits per heavy atom. The van der Waals surface area contributed by atoms with Crippen LogP contribution < -0.4 is 10.0 Å². The van der Waals surface area contributed by atoms with Crippen molar-refractivity contribution < 1.29 is 27.7 Å². The summed E-state index contributed by atoms with van der Waals surface area (Å²) in [5.74, 6) is -3.24. The van der Waals surface area contributed by atoms with E-state index in [0.29, 0.717) is 28.3 Å². The maximum absolute atomic E-state index is 14.0. The van der Waals surface area contributed by atoms with Crippen LogP contribution in [0.25, 0.3) is 10.8 Å². The lowest BCUT2D eigenvalue weighted by Gasteiger charge is -2.24. The van der Waals surface area contributed by atoms with E-state index < -0.39 is 38.6 Å². The zero-order valence-corrected chi connectivity index (χ0v) is 24.4. The van der Waals surface area contributed by atoms with Gasteiger partial charge in [-0.2, -0.15) is 4.31 Å². The number of anilines is 1. The number of fused-ring (bicyclic) bond motifs is 1. The zero-order valence-electron chi connectivity index (χ0n) is 23.5. The first-order valence-electron chi connectivity index (χ1n) is 13.5. The standard InChI is InChI=1S/C31H30N4O7S/c1-3-33(4-2)31(38)28(29(32)36)19-21-9-14-25(15-10-21)34(30(37)23-11-16-26(17-12-23)35(39)40)43(41,42)27-18-13-22-7-5-6-8-24(22)20-27/h5-18,20,28H,3-4,19H2,1-2H3,(H2,32,36). The van der Waals surface area contributed by atoms with E-state index in [0.717, 1.165) is 17.5 Å². The second kappa shape index (κ2) is 12.8. The molecule has 2 N–H and O–H groups in total. The van der Waals surface area contributed by atoms with E-state index in [4.69, 9.17) is 5.73 Å². The molecule has 0 aromatic heterocycles. The van der Waals surface area contributed by atoms with Crippen LogP contribution in [0.1, 0.15) is 29.8 Å². The summed E-state index contributed by atoms with van der Waals surface area (Å²) in [6.45, 7) is 4.40. The molecule has 0 aliphatic heterocycles. The first-order valence-corrected chi connectivity index (χ1v) is 14.9. The molecule has 4 aromatic carbocycles. The Hall–Kier alpha value is -5.10. The number of sulfonamides is 1. The molecule has 3 amide bonds. The predicted octanol–water partition coefficient (Wildman–Crippen LogP) is 4.30. The number of hydrogen-bond donors (Lipinski definition) is 1. The van der Waals surface area contributed by atoms with Crippen molar-refractivity contribution >= 4 is 49.9 Å². The van der Waals surface area contributed by atoms with Gasteiger partial charge in [0, 0.05) is 30.8 Å². The van der Waals surface area contributed by atoms with Gasteiger partial charge in [0.2, 0.25) is 11.8 Å². The highest BCUT2D eigenvalue weighted by atomic mass is 32.2. The third-order valence-corrected chi connectivity index (χ3v) is 8.80. The van der Waals surface area contributed by atoms with Gasteiger partial charge >= 0.3 is 0 Å². The van der Waals surface area contributed by atoms with Crippen LogP contribution in [0, 0.1) is 16.0 Å². The number of hydrogen-bond acceptors (Lipinski definition) is 7. The number of carbonyl (C=O) groups is 3. The van der Waals surface area contributed by atoms with Gasteiger partial charge in [-0.15, -0.1) is 0 Å². The molecule has 1 unspecified atom stereocenters. The summed E-state index contributed by atoms with van der Waals surface area (Å²) in [7, 11) is -4.49. The highest BCUT2D eigenvalue weighted by Gasteiger charge is 2.33. The maximum Gasteiger partial charge on any atom is 0.272 e. The number of non-ortho nitro benzene ring substituents is 1. The van der Waals surface area contributed by atoms with E-state index in [-0.39, 0.29) is 28.3 Å². The van der Waals surface area contributed by atoms with Crippen molar-refractivity contribution in [3.05, 3.63) is 112 Å². The fourth-order valence-electron chi connectivity index (χ4n) is 4.71. The van der Waals surface area contributed by atoms with Gasteiger partial charge in [-0.3, -0.25) is 24.5 Å². The fraction of sp³-hybridized carbons (Fsp3) is 0.194. The second-order valence-corrected chi connectivity index (χ2v) is 11.5. The topological polar surface area (TPSA) is 161 Å². The largest absolute Gasteiger partial charge is 0.369 e. The average Bonchev–Trinajstić information content (AvgIpc) is 3.00. The van der Waals surface area contributed by atoms with E-state index in [1.165, 1.54) is 53.4 Å². The number of primary amides is 1. The Balaban J connectivity index is 1.76. The summed E-state index contributed by atoms with van der Waals surface area (Å²) < 4.78 is 28.7. The zero-order chi connectivity index (χ0) is 31.3. The highest BCUT2D eigenvalue weighted by molar-refractivity contribution is 7.93. The third-order valence-electron chi connectivity index (χ3n) is 7.10. The number of amides is 3. The summed E-state index contributed by atoms with van der Waals surface area (Å²) in [5.41, 5.74) is 5.72. The van der Waals surface area contributed by atoms with Crippen molar-refractivity contribution in [3.8, 4) is 0 Å². The van der Waals surface area contributed by atoms with Crippen molar-refractivity contribution in [3.63, 3.8) is 0 Å². The van der Waals surface area contributed by atoms with Crippen LogP contribution in [-0.2, 0) is 26.0 Å².